The van der Waals surface area contributed by atoms with Gasteiger partial charge in [0.15, 0.2) is 0 Å². The van der Waals surface area contributed by atoms with Gasteiger partial charge in [0.1, 0.15) is 10.7 Å². The summed E-state index contributed by atoms with van der Waals surface area (Å²) in [6.07, 6.45) is 2.02. The zero-order chi connectivity index (χ0) is 15.5. The number of rotatable bonds is 3. The van der Waals surface area contributed by atoms with Crippen LogP contribution in [0.3, 0.4) is 0 Å². The van der Waals surface area contributed by atoms with E-state index >= 15 is 0 Å². The minimum atomic E-state index is 0. The maximum atomic E-state index is 12.6. The molecule has 1 aliphatic rings. The van der Waals surface area contributed by atoms with Gasteiger partial charge >= 0.3 is 0 Å². The van der Waals surface area contributed by atoms with Crippen molar-refractivity contribution in [3.8, 4) is 10.6 Å². The Morgan fingerprint density at radius 1 is 1.30 bits per heavy atom. The van der Waals surface area contributed by atoms with Gasteiger partial charge in [-0.3, -0.25) is 4.79 Å². The fourth-order valence-corrected chi connectivity index (χ4v) is 3.73. The molecule has 3 rings (SSSR count). The fourth-order valence-electron chi connectivity index (χ4n) is 2.84. The van der Waals surface area contributed by atoms with Crippen molar-refractivity contribution in [2.45, 2.75) is 25.8 Å². The third kappa shape index (κ3) is 3.91. The van der Waals surface area contributed by atoms with Gasteiger partial charge in [-0.05, 0) is 32.4 Å². The van der Waals surface area contributed by atoms with Crippen LogP contribution in [-0.2, 0) is 0 Å². The average molecular weight is 352 g/mol. The van der Waals surface area contributed by atoms with E-state index in [1.165, 1.54) is 5.56 Å². The van der Waals surface area contributed by atoms with Crippen molar-refractivity contribution in [3.63, 3.8) is 0 Å². The number of halogens is 1. The summed E-state index contributed by atoms with van der Waals surface area (Å²) in [5, 5.41) is 6.09. The summed E-state index contributed by atoms with van der Waals surface area (Å²) in [5.41, 5.74) is 2.87. The van der Waals surface area contributed by atoms with E-state index in [2.05, 4.69) is 29.4 Å². The Hall–Kier alpha value is -1.43. The number of thiazole rings is 1. The lowest BCUT2D eigenvalue weighted by atomic mass is 10.1. The lowest BCUT2D eigenvalue weighted by molar-refractivity contribution is 0.0702. The molecule has 0 bridgehead atoms. The number of hydrogen-bond donors (Lipinski definition) is 1. The molecule has 0 atom stereocenters. The number of piperidine rings is 1. The van der Waals surface area contributed by atoms with Crippen LogP contribution in [0.5, 0.6) is 0 Å². The van der Waals surface area contributed by atoms with Gasteiger partial charge in [0.2, 0.25) is 0 Å². The third-order valence-electron chi connectivity index (χ3n) is 4.29. The Balaban J connectivity index is 0.00000192. The standard InChI is InChI=1S/C17H21N3OS.ClH/c1-12-5-3-4-6-14(12)16-19-15(11-22-16)17(21)20-9-7-13(18-2)8-10-20;/h3-6,11,13,18H,7-10H2,1-2H3;1H. The number of nitrogens with zero attached hydrogens (tertiary/aromatic N) is 2. The monoisotopic (exact) mass is 351 g/mol. The van der Waals surface area contributed by atoms with Gasteiger partial charge in [0.25, 0.3) is 5.91 Å². The lowest BCUT2D eigenvalue weighted by Gasteiger charge is -2.31. The van der Waals surface area contributed by atoms with E-state index in [1.54, 1.807) is 11.3 Å². The second-order valence-electron chi connectivity index (χ2n) is 5.71. The summed E-state index contributed by atoms with van der Waals surface area (Å²) >= 11 is 1.54. The number of carbonyl (C=O) groups excluding carboxylic acids is 1. The van der Waals surface area contributed by atoms with E-state index in [0.717, 1.165) is 36.5 Å². The molecular formula is C17H22ClN3OS. The molecule has 0 aliphatic carbocycles. The first-order chi connectivity index (χ1) is 10.7. The number of carbonyl (C=O) groups is 1. The second-order valence-corrected chi connectivity index (χ2v) is 6.57. The first kappa shape index (κ1) is 17.9. The van der Waals surface area contributed by atoms with E-state index in [1.807, 2.05) is 29.5 Å². The molecule has 0 saturated carbocycles. The smallest absolute Gasteiger partial charge is 0.273 e. The second kappa shape index (κ2) is 7.90. The maximum absolute atomic E-state index is 12.6. The fraction of sp³-hybridized carbons (Fsp3) is 0.412. The van der Waals surface area contributed by atoms with Crippen molar-refractivity contribution >= 4 is 29.7 Å². The van der Waals surface area contributed by atoms with Crippen LogP contribution in [-0.4, -0.2) is 42.0 Å². The normalized spacial score (nSPS) is 15.3. The maximum Gasteiger partial charge on any atom is 0.273 e. The summed E-state index contributed by atoms with van der Waals surface area (Å²) in [6, 6.07) is 8.68. The number of hydrogen-bond acceptors (Lipinski definition) is 4. The Morgan fingerprint density at radius 2 is 2.00 bits per heavy atom. The van der Waals surface area contributed by atoms with Crippen LogP contribution in [0.15, 0.2) is 29.6 Å². The Morgan fingerprint density at radius 3 is 2.65 bits per heavy atom. The molecule has 23 heavy (non-hydrogen) atoms. The van der Waals surface area contributed by atoms with Crippen molar-refractivity contribution in [3.05, 3.63) is 40.9 Å². The highest BCUT2D eigenvalue weighted by Gasteiger charge is 2.24. The van der Waals surface area contributed by atoms with E-state index in [-0.39, 0.29) is 18.3 Å². The molecular weight excluding hydrogens is 330 g/mol. The van der Waals surface area contributed by atoms with Gasteiger partial charge in [-0.2, -0.15) is 0 Å². The molecule has 1 N–H and O–H groups in total. The molecule has 1 aromatic heterocycles. The largest absolute Gasteiger partial charge is 0.337 e. The summed E-state index contributed by atoms with van der Waals surface area (Å²) < 4.78 is 0. The summed E-state index contributed by atoms with van der Waals surface area (Å²) in [7, 11) is 1.98. The van der Waals surface area contributed by atoms with Gasteiger partial charge in [-0.15, -0.1) is 23.7 Å². The van der Waals surface area contributed by atoms with Crippen LogP contribution in [0.25, 0.3) is 10.6 Å². The molecule has 4 nitrogen and oxygen atoms in total. The number of aromatic nitrogens is 1. The van der Waals surface area contributed by atoms with Crippen LogP contribution in [0.4, 0.5) is 0 Å². The number of amides is 1. The van der Waals surface area contributed by atoms with E-state index in [9.17, 15) is 4.79 Å². The van der Waals surface area contributed by atoms with Crippen molar-refractivity contribution < 1.29 is 4.79 Å². The van der Waals surface area contributed by atoms with Crippen molar-refractivity contribution in [1.82, 2.24) is 15.2 Å². The molecule has 1 aromatic carbocycles. The summed E-state index contributed by atoms with van der Waals surface area (Å²) in [6.45, 7) is 3.68. The Bertz CT molecular complexity index is 665. The van der Waals surface area contributed by atoms with Crippen LogP contribution in [0.2, 0.25) is 0 Å². The SMILES string of the molecule is CNC1CCN(C(=O)c2csc(-c3ccccc3C)n2)CC1.Cl. The highest BCUT2D eigenvalue weighted by molar-refractivity contribution is 7.13. The summed E-state index contributed by atoms with van der Waals surface area (Å²) in [5.74, 6) is 0.0608. The van der Waals surface area contributed by atoms with E-state index < -0.39 is 0 Å². The first-order valence-corrected chi connectivity index (χ1v) is 8.55. The van der Waals surface area contributed by atoms with Crippen molar-refractivity contribution in [1.29, 1.82) is 0 Å². The zero-order valence-electron chi connectivity index (χ0n) is 13.4. The minimum Gasteiger partial charge on any atom is -0.337 e. The number of nitrogens with one attached hydrogen (secondary N) is 1. The zero-order valence-corrected chi connectivity index (χ0v) is 15.0. The highest BCUT2D eigenvalue weighted by Crippen LogP contribution is 2.27. The quantitative estimate of drug-likeness (QED) is 0.922. The molecule has 6 heteroatoms. The predicted octanol–water partition coefficient (Wildman–Crippen LogP) is 3.36. The predicted molar refractivity (Wildman–Crippen MR) is 97.5 cm³/mol. The Kier molecular flexibility index (Phi) is 6.16. The lowest BCUT2D eigenvalue weighted by Crippen LogP contribution is -2.44. The number of likely N-dealkylation sites (tertiary alicyclic amines) is 1. The van der Waals surface area contributed by atoms with Gasteiger partial charge in [0, 0.05) is 30.1 Å². The molecule has 2 heterocycles. The van der Waals surface area contributed by atoms with Gasteiger partial charge < -0.3 is 10.2 Å². The van der Waals surface area contributed by atoms with Gasteiger partial charge in [-0.1, -0.05) is 24.3 Å². The van der Waals surface area contributed by atoms with Crippen LogP contribution in [0, 0.1) is 6.92 Å². The van der Waals surface area contributed by atoms with Gasteiger partial charge in [0.05, 0.1) is 0 Å². The molecule has 2 aromatic rings. The van der Waals surface area contributed by atoms with Gasteiger partial charge in [-0.25, -0.2) is 4.98 Å². The first-order valence-electron chi connectivity index (χ1n) is 7.67. The van der Waals surface area contributed by atoms with E-state index in [0.29, 0.717) is 11.7 Å². The molecule has 124 valence electrons. The average Bonchev–Trinajstić information content (AvgIpc) is 3.04. The number of aryl methyl sites for hydroxylation is 1. The van der Waals surface area contributed by atoms with Crippen molar-refractivity contribution in [2.75, 3.05) is 20.1 Å². The minimum absolute atomic E-state index is 0. The summed E-state index contributed by atoms with van der Waals surface area (Å²) in [4.78, 5) is 19.1. The van der Waals surface area contributed by atoms with Crippen LogP contribution in [0.1, 0.15) is 28.9 Å². The topological polar surface area (TPSA) is 45.2 Å². The van der Waals surface area contributed by atoms with Crippen molar-refractivity contribution in [2.24, 2.45) is 0 Å². The molecule has 1 fully saturated rings. The molecule has 0 radical (unpaired) electrons. The molecule has 0 unspecified atom stereocenters. The molecule has 0 spiro atoms. The molecule has 1 aliphatic heterocycles. The number of benzene rings is 1. The highest BCUT2D eigenvalue weighted by atomic mass is 35.5. The van der Waals surface area contributed by atoms with Crippen LogP contribution >= 0.6 is 23.7 Å². The van der Waals surface area contributed by atoms with E-state index in [4.69, 9.17) is 0 Å². The third-order valence-corrected chi connectivity index (χ3v) is 5.16. The molecule has 1 amide bonds. The Labute approximate surface area is 147 Å². The van der Waals surface area contributed by atoms with Crippen LogP contribution < -0.4 is 5.32 Å². The molecule has 1 saturated heterocycles.